The van der Waals surface area contributed by atoms with Crippen molar-refractivity contribution in [2.45, 2.75) is 0 Å². The van der Waals surface area contributed by atoms with Gasteiger partial charge in [0.05, 0.1) is 5.57 Å². The molecule has 0 fully saturated rings. The molecule has 0 unspecified atom stereocenters. The number of imide groups is 1. The second kappa shape index (κ2) is 3.66. The Hall–Kier alpha value is -0.650. The minimum atomic E-state index is -1.06. The van der Waals surface area contributed by atoms with Crippen LogP contribution in [-0.2, 0) is 14.4 Å². The van der Waals surface area contributed by atoms with Crippen molar-refractivity contribution in [3.8, 4) is 0 Å². The molecule has 11 heavy (non-hydrogen) atoms. The summed E-state index contributed by atoms with van der Waals surface area (Å²) in [4.78, 5) is 30.6. The van der Waals surface area contributed by atoms with E-state index >= 15 is 0 Å². The molecule has 6 heteroatoms. The first-order valence-electron chi connectivity index (χ1n) is 2.39. The van der Waals surface area contributed by atoms with E-state index in [1.165, 1.54) is 0 Å². The number of nitrogens with one attached hydrogen (secondary N) is 1. The van der Waals surface area contributed by atoms with Crippen molar-refractivity contribution in [1.29, 1.82) is 0 Å². The summed E-state index contributed by atoms with van der Waals surface area (Å²) in [7, 11) is 0. The summed E-state index contributed by atoms with van der Waals surface area (Å²) < 4.78 is 0. The second-order valence-electron chi connectivity index (χ2n) is 1.64. The third-order valence-corrected chi connectivity index (χ3v) is 1.04. The smallest absolute Gasteiger partial charge is 0.868 e. The monoisotopic (exact) mass is 163 g/mol. The number of amides is 2. The fourth-order valence-corrected chi connectivity index (χ4v) is 0.560. The van der Waals surface area contributed by atoms with Gasteiger partial charge in [-0.05, 0) is 5.76 Å². The molecule has 0 radical (unpaired) electrons. The molecule has 0 aromatic carbocycles. The Morgan fingerprint density at radius 3 is 2.00 bits per heavy atom. The fraction of sp³-hybridized carbons (Fsp3) is 0. The molecule has 1 aliphatic heterocycles. The number of rotatable bonds is 1. The topological polar surface area (TPSA) is 86.3 Å². The van der Waals surface area contributed by atoms with E-state index in [2.05, 4.69) is 0 Å². The van der Waals surface area contributed by atoms with Crippen LogP contribution in [0.4, 0.5) is 0 Å². The third kappa shape index (κ3) is 1.68. The number of hydrogen-bond donors (Lipinski definition) is 1. The summed E-state index contributed by atoms with van der Waals surface area (Å²) in [6.45, 7) is 0. The zero-order valence-corrected chi connectivity index (χ0v) is 7.71. The van der Waals surface area contributed by atoms with Gasteiger partial charge in [0.1, 0.15) is 0 Å². The van der Waals surface area contributed by atoms with Crippen LogP contribution in [-0.4, -0.2) is 18.1 Å². The summed E-state index contributed by atoms with van der Waals surface area (Å²) in [5.41, 5.74) is -0.620. The molecule has 0 aromatic heterocycles. The molecule has 1 heterocycles. The van der Waals surface area contributed by atoms with Gasteiger partial charge in [0.15, 0.2) is 6.29 Å². The minimum Gasteiger partial charge on any atom is -0.868 e. The first-order chi connectivity index (χ1) is 4.66. The maximum atomic E-state index is 10.4. The van der Waals surface area contributed by atoms with Crippen molar-refractivity contribution in [3.05, 3.63) is 11.3 Å². The van der Waals surface area contributed by atoms with Gasteiger partial charge in [-0.1, -0.05) is 0 Å². The van der Waals surface area contributed by atoms with Gasteiger partial charge in [0, 0.05) is 0 Å². The average molecular weight is 163 g/mol. The van der Waals surface area contributed by atoms with E-state index in [1.807, 2.05) is 0 Å². The first kappa shape index (κ1) is 10.3. The summed E-state index contributed by atoms with van der Waals surface area (Å²) in [6.07, 6.45) is 0.0720. The molecule has 0 spiro atoms. The van der Waals surface area contributed by atoms with E-state index in [0.29, 0.717) is 0 Å². The van der Waals surface area contributed by atoms with Gasteiger partial charge in [0.25, 0.3) is 5.91 Å². The maximum Gasteiger partial charge on any atom is 1.00 e. The van der Waals surface area contributed by atoms with Crippen LogP contribution in [0.5, 0.6) is 0 Å². The zero-order valence-electron chi connectivity index (χ0n) is 5.71. The van der Waals surface area contributed by atoms with Crippen LogP contribution < -0.4 is 40.0 Å². The van der Waals surface area contributed by atoms with Crippen LogP contribution in [0.1, 0.15) is 0 Å². The van der Waals surface area contributed by atoms with Gasteiger partial charge < -0.3 is 5.11 Å². The quantitative estimate of drug-likeness (QED) is 0.181. The van der Waals surface area contributed by atoms with E-state index in [4.69, 9.17) is 0 Å². The van der Waals surface area contributed by atoms with Crippen molar-refractivity contribution < 1.29 is 49.0 Å². The third-order valence-electron chi connectivity index (χ3n) is 1.04. The second-order valence-corrected chi connectivity index (χ2v) is 1.64. The summed E-state index contributed by atoms with van der Waals surface area (Å²) in [5.74, 6) is -3.00. The van der Waals surface area contributed by atoms with Crippen LogP contribution in [0, 0.1) is 0 Å². The first-order valence-corrected chi connectivity index (χ1v) is 2.39. The summed E-state index contributed by atoms with van der Waals surface area (Å²) in [6, 6.07) is 0. The molecule has 0 aliphatic carbocycles. The van der Waals surface area contributed by atoms with E-state index in [-0.39, 0.29) is 35.8 Å². The Bertz CT molecular complexity index is 257. The Morgan fingerprint density at radius 2 is 1.82 bits per heavy atom. The number of hydrogen-bond acceptors (Lipinski definition) is 4. The Labute approximate surface area is 83.7 Å². The van der Waals surface area contributed by atoms with Crippen molar-refractivity contribution in [2.24, 2.45) is 0 Å². The SMILES string of the molecule is O=CC1=C([O-])C(=O)NC1=O.[Na+]. The van der Waals surface area contributed by atoms with Crippen LogP contribution in [0.15, 0.2) is 11.3 Å². The average Bonchev–Trinajstić information content (AvgIpc) is 2.09. The molecule has 0 atom stereocenters. The predicted octanol–water partition coefficient (Wildman–Crippen LogP) is -5.54. The van der Waals surface area contributed by atoms with Gasteiger partial charge in [-0.2, -0.15) is 0 Å². The molecule has 1 N–H and O–H groups in total. The van der Waals surface area contributed by atoms with Gasteiger partial charge in [-0.3, -0.25) is 19.7 Å². The fourth-order valence-electron chi connectivity index (χ4n) is 0.560. The van der Waals surface area contributed by atoms with Gasteiger partial charge in [-0.25, -0.2) is 0 Å². The molecule has 1 rings (SSSR count). The minimum absolute atomic E-state index is 0. The van der Waals surface area contributed by atoms with Crippen LogP contribution >= 0.6 is 0 Å². The Balaban J connectivity index is 0.000001000. The van der Waals surface area contributed by atoms with Crippen molar-refractivity contribution in [1.82, 2.24) is 5.32 Å². The van der Waals surface area contributed by atoms with E-state index in [0.717, 1.165) is 0 Å². The summed E-state index contributed by atoms with van der Waals surface area (Å²) >= 11 is 0. The standard InChI is InChI=1S/C5H3NO4.Na/c7-1-2-3(8)5(10)6-4(2)9;/h1H,(H2,6,8,9,10);/q;+1/p-1. The molecule has 5 nitrogen and oxygen atoms in total. The molecule has 0 saturated carbocycles. The maximum absolute atomic E-state index is 10.4. The largest absolute Gasteiger partial charge is 1.00 e. The Kier molecular flexibility index (Phi) is 3.44. The van der Waals surface area contributed by atoms with Crippen molar-refractivity contribution in [2.75, 3.05) is 0 Å². The molecule has 1 aliphatic rings. The van der Waals surface area contributed by atoms with Gasteiger partial charge >= 0.3 is 29.6 Å². The van der Waals surface area contributed by atoms with Gasteiger partial charge in [-0.15, -0.1) is 0 Å². The molecule has 0 bridgehead atoms. The molecular weight excluding hydrogens is 161 g/mol. The number of carbonyl (C=O) groups excluding carboxylic acids is 3. The molecule has 52 valence electrons. The van der Waals surface area contributed by atoms with Crippen molar-refractivity contribution in [3.63, 3.8) is 0 Å². The van der Waals surface area contributed by atoms with Crippen molar-refractivity contribution >= 4 is 18.1 Å². The summed E-state index contributed by atoms with van der Waals surface area (Å²) in [5, 5.41) is 12.1. The zero-order chi connectivity index (χ0) is 7.72. The van der Waals surface area contributed by atoms with E-state index < -0.39 is 23.1 Å². The number of aldehydes is 1. The molecule has 0 aromatic rings. The van der Waals surface area contributed by atoms with E-state index in [9.17, 15) is 19.5 Å². The number of carbonyl (C=O) groups is 3. The molecule has 2 amide bonds. The van der Waals surface area contributed by atoms with Gasteiger partial charge in [0.2, 0.25) is 5.91 Å². The molecular formula is C5H2NNaO4. The van der Waals surface area contributed by atoms with E-state index in [1.54, 1.807) is 5.32 Å². The van der Waals surface area contributed by atoms with Crippen LogP contribution in [0.2, 0.25) is 0 Å². The normalized spacial score (nSPS) is 16.0. The Morgan fingerprint density at radius 1 is 1.27 bits per heavy atom. The van der Waals surface area contributed by atoms with Crippen LogP contribution in [0.25, 0.3) is 0 Å². The predicted molar refractivity (Wildman–Crippen MR) is 26.2 cm³/mol. The van der Waals surface area contributed by atoms with Crippen LogP contribution in [0.3, 0.4) is 0 Å². The molecule has 0 saturated heterocycles.